The molecule has 0 spiro atoms. The number of hydrogen-bond donors (Lipinski definition) is 2. The zero-order valence-electron chi connectivity index (χ0n) is 8.69. The van der Waals surface area contributed by atoms with Crippen LogP contribution < -0.4 is 5.73 Å². The van der Waals surface area contributed by atoms with E-state index in [1.807, 2.05) is 25.1 Å². The number of rotatable bonds is 1. The zero-order valence-corrected chi connectivity index (χ0v) is 8.69. The van der Waals surface area contributed by atoms with Crippen molar-refractivity contribution in [3.8, 4) is 11.3 Å². The van der Waals surface area contributed by atoms with Gasteiger partial charge in [-0.2, -0.15) is 5.10 Å². The second-order valence-electron chi connectivity index (χ2n) is 3.66. The third kappa shape index (κ3) is 1.18. The van der Waals surface area contributed by atoms with Gasteiger partial charge in [0, 0.05) is 22.7 Å². The summed E-state index contributed by atoms with van der Waals surface area (Å²) in [6, 6.07) is 7.57. The van der Waals surface area contributed by atoms with E-state index in [4.69, 9.17) is 10.3 Å². The fourth-order valence-electron chi connectivity index (χ4n) is 1.86. The van der Waals surface area contributed by atoms with Crippen LogP contribution in [0.15, 0.2) is 28.8 Å². The van der Waals surface area contributed by atoms with Crippen molar-refractivity contribution in [1.82, 2.24) is 15.4 Å². The third-order valence-corrected chi connectivity index (χ3v) is 2.57. The van der Waals surface area contributed by atoms with Crippen LogP contribution in [0.1, 0.15) is 5.69 Å². The molecule has 2 aromatic heterocycles. The number of H-pyrrole nitrogens is 1. The average Bonchev–Trinajstić information content (AvgIpc) is 2.86. The highest BCUT2D eigenvalue weighted by atomic mass is 16.5. The molecule has 0 aliphatic rings. The molecule has 0 aliphatic carbocycles. The van der Waals surface area contributed by atoms with E-state index in [2.05, 4.69) is 15.4 Å². The Kier molecular flexibility index (Phi) is 1.73. The molecule has 0 aliphatic heterocycles. The van der Waals surface area contributed by atoms with Crippen molar-refractivity contribution in [3.63, 3.8) is 0 Å². The lowest BCUT2D eigenvalue weighted by molar-refractivity contribution is 0.439. The first-order valence-electron chi connectivity index (χ1n) is 4.92. The molecule has 80 valence electrons. The molecule has 0 saturated carbocycles. The summed E-state index contributed by atoms with van der Waals surface area (Å²) in [5.41, 5.74) is 9.15. The minimum atomic E-state index is 0.313. The molecule has 0 bridgehead atoms. The summed E-state index contributed by atoms with van der Waals surface area (Å²) in [6.45, 7) is 1.97. The number of benzene rings is 1. The van der Waals surface area contributed by atoms with Gasteiger partial charge < -0.3 is 10.3 Å². The Balaban J connectivity index is 2.34. The quantitative estimate of drug-likeness (QED) is 0.650. The van der Waals surface area contributed by atoms with E-state index >= 15 is 0 Å². The van der Waals surface area contributed by atoms with Crippen molar-refractivity contribution < 1.29 is 4.52 Å². The maximum Gasteiger partial charge on any atom is 0.222 e. The van der Waals surface area contributed by atoms with Crippen LogP contribution in [-0.4, -0.2) is 15.4 Å². The topological polar surface area (TPSA) is 80.7 Å². The molecule has 0 atom stereocenters. The van der Waals surface area contributed by atoms with Gasteiger partial charge in [-0.3, -0.25) is 5.10 Å². The van der Waals surface area contributed by atoms with Crippen LogP contribution in [0.4, 0.5) is 5.88 Å². The van der Waals surface area contributed by atoms with Crippen molar-refractivity contribution in [1.29, 1.82) is 0 Å². The Morgan fingerprint density at radius 1 is 1.38 bits per heavy atom. The summed E-state index contributed by atoms with van der Waals surface area (Å²) in [5.74, 6) is 0.313. The molecule has 0 radical (unpaired) electrons. The van der Waals surface area contributed by atoms with Crippen LogP contribution in [0, 0.1) is 6.92 Å². The lowest BCUT2D eigenvalue weighted by atomic mass is 10.1. The molecule has 1 aromatic carbocycles. The largest absolute Gasteiger partial charge is 0.368 e. The summed E-state index contributed by atoms with van der Waals surface area (Å²) >= 11 is 0. The SMILES string of the molecule is Cc1[nH]nc2cccc(-c3cc(N)on3)c12. The molecule has 0 fully saturated rings. The molecule has 0 saturated heterocycles. The Hall–Kier alpha value is -2.30. The number of hydrogen-bond acceptors (Lipinski definition) is 4. The van der Waals surface area contributed by atoms with E-state index in [0.29, 0.717) is 5.88 Å². The molecule has 3 aromatic rings. The third-order valence-electron chi connectivity index (χ3n) is 2.57. The highest BCUT2D eigenvalue weighted by molar-refractivity contribution is 5.95. The highest BCUT2D eigenvalue weighted by Crippen LogP contribution is 2.29. The smallest absolute Gasteiger partial charge is 0.222 e. The number of fused-ring (bicyclic) bond motifs is 1. The summed E-state index contributed by atoms with van der Waals surface area (Å²) in [7, 11) is 0. The fourth-order valence-corrected chi connectivity index (χ4v) is 1.86. The molecule has 0 amide bonds. The van der Waals surface area contributed by atoms with Gasteiger partial charge in [-0.25, -0.2) is 0 Å². The molecule has 0 unspecified atom stereocenters. The van der Waals surface area contributed by atoms with Gasteiger partial charge in [0.15, 0.2) is 0 Å². The number of nitrogens with zero attached hydrogens (tertiary/aromatic N) is 2. The van der Waals surface area contributed by atoms with E-state index in [-0.39, 0.29) is 0 Å². The van der Waals surface area contributed by atoms with Gasteiger partial charge in [0.1, 0.15) is 5.69 Å². The van der Waals surface area contributed by atoms with Gasteiger partial charge in [0.05, 0.1) is 5.52 Å². The predicted molar refractivity (Wildman–Crippen MR) is 60.7 cm³/mol. The number of nitrogens with one attached hydrogen (secondary N) is 1. The van der Waals surface area contributed by atoms with Crippen LogP contribution in [-0.2, 0) is 0 Å². The van der Waals surface area contributed by atoms with Crippen LogP contribution in [0.3, 0.4) is 0 Å². The van der Waals surface area contributed by atoms with Gasteiger partial charge in [-0.15, -0.1) is 0 Å². The summed E-state index contributed by atoms with van der Waals surface area (Å²) < 4.78 is 4.88. The molecule has 5 heteroatoms. The molecule has 3 rings (SSSR count). The van der Waals surface area contributed by atoms with Crippen LogP contribution >= 0.6 is 0 Å². The van der Waals surface area contributed by atoms with Gasteiger partial charge in [-0.1, -0.05) is 17.3 Å². The summed E-state index contributed by atoms with van der Waals surface area (Å²) in [4.78, 5) is 0. The summed E-state index contributed by atoms with van der Waals surface area (Å²) in [6.07, 6.45) is 0. The van der Waals surface area contributed by atoms with Gasteiger partial charge >= 0.3 is 0 Å². The van der Waals surface area contributed by atoms with Crippen LogP contribution in [0.25, 0.3) is 22.2 Å². The second-order valence-corrected chi connectivity index (χ2v) is 3.66. The summed E-state index contributed by atoms with van der Waals surface area (Å²) in [5, 5.41) is 12.1. The number of nitrogens with two attached hydrogens (primary N) is 1. The number of nitrogen functional groups attached to an aromatic ring is 1. The Morgan fingerprint density at radius 2 is 2.25 bits per heavy atom. The monoisotopic (exact) mass is 214 g/mol. The standard InChI is InChI=1S/C11H10N4O/c1-6-11-7(9-5-10(12)16-15-9)3-2-4-8(11)14-13-6/h2-5H,12H2,1H3,(H,13,14). The molecular formula is C11H10N4O. The van der Waals surface area contributed by atoms with Crippen molar-refractivity contribution >= 4 is 16.8 Å². The number of aromatic nitrogens is 3. The lowest BCUT2D eigenvalue weighted by Gasteiger charge is -1.98. The minimum absolute atomic E-state index is 0.313. The fraction of sp³-hybridized carbons (Fsp3) is 0.0909. The van der Waals surface area contributed by atoms with E-state index in [1.54, 1.807) is 6.07 Å². The Bertz CT molecular complexity index is 653. The van der Waals surface area contributed by atoms with E-state index in [9.17, 15) is 0 Å². The molecule has 2 heterocycles. The van der Waals surface area contributed by atoms with E-state index < -0.39 is 0 Å². The molecule has 5 nitrogen and oxygen atoms in total. The Morgan fingerprint density at radius 3 is 3.00 bits per heavy atom. The second kappa shape index (κ2) is 3.10. The molecule has 3 N–H and O–H groups in total. The zero-order chi connectivity index (χ0) is 11.1. The van der Waals surface area contributed by atoms with Crippen molar-refractivity contribution in [2.75, 3.05) is 5.73 Å². The van der Waals surface area contributed by atoms with E-state index in [1.165, 1.54) is 0 Å². The first-order chi connectivity index (χ1) is 7.75. The number of aryl methyl sites for hydroxylation is 1. The van der Waals surface area contributed by atoms with Gasteiger partial charge in [-0.05, 0) is 13.0 Å². The predicted octanol–water partition coefficient (Wildman–Crippen LogP) is 2.11. The van der Waals surface area contributed by atoms with Gasteiger partial charge in [0.25, 0.3) is 0 Å². The molecule has 16 heavy (non-hydrogen) atoms. The average molecular weight is 214 g/mol. The van der Waals surface area contributed by atoms with Gasteiger partial charge in [0.2, 0.25) is 5.88 Å². The number of aromatic amines is 1. The maximum atomic E-state index is 5.52. The van der Waals surface area contributed by atoms with E-state index in [0.717, 1.165) is 27.9 Å². The Labute approximate surface area is 91.2 Å². The first-order valence-corrected chi connectivity index (χ1v) is 4.92. The normalized spacial score (nSPS) is 11.1. The first kappa shape index (κ1) is 8.96. The van der Waals surface area contributed by atoms with Crippen LogP contribution in [0.2, 0.25) is 0 Å². The highest BCUT2D eigenvalue weighted by Gasteiger charge is 2.11. The number of anilines is 1. The molecular weight excluding hydrogens is 204 g/mol. The minimum Gasteiger partial charge on any atom is -0.368 e. The maximum absolute atomic E-state index is 5.52. The lowest BCUT2D eigenvalue weighted by Crippen LogP contribution is -1.80. The van der Waals surface area contributed by atoms with Crippen molar-refractivity contribution in [2.24, 2.45) is 0 Å². The van der Waals surface area contributed by atoms with Crippen molar-refractivity contribution in [2.45, 2.75) is 6.92 Å². The van der Waals surface area contributed by atoms with Crippen LogP contribution in [0.5, 0.6) is 0 Å². The van der Waals surface area contributed by atoms with Crippen molar-refractivity contribution in [3.05, 3.63) is 30.0 Å².